The Morgan fingerprint density at radius 2 is 2.29 bits per heavy atom. The summed E-state index contributed by atoms with van der Waals surface area (Å²) in [6.07, 6.45) is 7.44. The van der Waals surface area contributed by atoms with Gasteiger partial charge in [-0.05, 0) is 39.5 Å². The number of nitrogens with two attached hydrogens (primary N) is 1. The third-order valence-corrected chi connectivity index (χ3v) is 4.25. The van der Waals surface area contributed by atoms with Crippen LogP contribution in [0.3, 0.4) is 0 Å². The second-order valence-corrected chi connectivity index (χ2v) is 5.84. The van der Waals surface area contributed by atoms with Gasteiger partial charge in [-0.25, -0.2) is 0 Å². The number of hydrazine groups is 1. The van der Waals surface area contributed by atoms with Crippen LogP contribution >= 0.6 is 0 Å². The molecule has 0 saturated carbocycles. The summed E-state index contributed by atoms with van der Waals surface area (Å²) < 4.78 is 11.3. The van der Waals surface area contributed by atoms with Crippen molar-refractivity contribution in [1.29, 1.82) is 0 Å². The Balaban J connectivity index is 2.04. The highest BCUT2D eigenvalue weighted by Gasteiger charge is 2.21. The molecule has 2 rings (SSSR count). The Hall–Kier alpha value is -1.17. The molecule has 1 aliphatic heterocycles. The van der Waals surface area contributed by atoms with E-state index in [-0.39, 0.29) is 6.04 Å². The molecule has 1 aromatic heterocycles. The molecule has 5 nitrogen and oxygen atoms in total. The van der Waals surface area contributed by atoms with Gasteiger partial charge in [-0.2, -0.15) is 0 Å². The summed E-state index contributed by atoms with van der Waals surface area (Å²) in [5.41, 5.74) is 6.12. The fourth-order valence-corrected chi connectivity index (χ4v) is 3.03. The maximum Gasteiger partial charge on any atom is 0.128 e. The third kappa shape index (κ3) is 4.15. The first-order valence-corrected chi connectivity index (χ1v) is 7.72. The first kappa shape index (κ1) is 16.2. The van der Waals surface area contributed by atoms with Crippen LogP contribution in [-0.2, 0) is 11.2 Å². The average Bonchev–Trinajstić information content (AvgIpc) is 2.50. The van der Waals surface area contributed by atoms with Gasteiger partial charge in [0, 0.05) is 42.1 Å². The van der Waals surface area contributed by atoms with Crippen molar-refractivity contribution in [3.63, 3.8) is 0 Å². The van der Waals surface area contributed by atoms with Gasteiger partial charge in [-0.3, -0.25) is 16.3 Å². The number of rotatable bonds is 6. The largest absolute Gasteiger partial charge is 0.496 e. The van der Waals surface area contributed by atoms with E-state index < -0.39 is 0 Å². The number of methoxy groups -OCH3 is 1. The first-order chi connectivity index (χ1) is 10.2. The summed E-state index contributed by atoms with van der Waals surface area (Å²) in [5.74, 6) is 6.64. The monoisotopic (exact) mass is 293 g/mol. The lowest BCUT2D eigenvalue weighted by Gasteiger charge is -2.27. The molecule has 1 fully saturated rings. The van der Waals surface area contributed by atoms with Gasteiger partial charge in [0.1, 0.15) is 5.75 Å². The topological polar surface area (TPSA) is 69.4 Å². The summed E-state index contributed by atoms with van der Waals surface area (Å²) in [5, 5.41) is 0. The van der Waals surface area contributed by atoms with Gasteiger partial charge >= 0.3 is 0 Å². The van der Waals surface area contributed by atoms with Gasteiger partial charge in [0.15, 0.2) is 0 Å². The van der Waals surface area contributed by atoms with E-state index in [1.54, 1.807) is 7.11 Å². The highest BCUT2D eigenvalue weighted by molar-refractivity contribution is 5.41. The molecule has 1 aliphatic rings. The Morgan fingerprint density at radius 1 is 1.48 bits per heavy atom. The van der Waals surface area contributed by atoms with Crippen LogP contribution < -0.4 is 16.0 Å². The van der Waals surface area contributed by atoms with Crippen LogP contribution in [0.5, 0.6) is 5.75 Å². The minimum atomic E-state index is 0.173. The first-order valence-electron chi connectivity index (χ1n) is 7.72. The van der Waals surface area contributed by atoms with E-state index >= 15 is 0 Å². The molecule has 21 heavy (non-hydrogen) atoms. The zero-order chi connectivity index (χ0) is 15.2. The van der Waals surface area contributed by atoms with Crippen molar-refractivity contribution in [3.8, 4) is 5.75 Å². The average molecular weight is 293 g/mol. The second-order valence-electron chi connectivity index (χ2n) is 5.84. The number of nitrogens with one attached hydrogen (secondary N) is 1. The predicted octanol–water partition coefficient (Wildman–Crippen LogP) is 2.04. The normalized spacial score (nSPS) is 20.3. The predicted molar refractivity (Wildman–Crippen MR) is 83.3 cm³/mol. The van der Waals surface area contributed by atoms with Crippen molar-refractivity contribution in [1.82, 2.24) is 10.4 Å². The van der Waals surface area contributed by atoms with E-state index in [9.17, 15) is 0 Å². The number of aryl methyl sites for hydroxylation is 1. The van der Waals surface area contributed by atoms with Crippen molar-refractivity contribution in [2.75, 3.05) is 13.7 Å². The van der Waals surface area contributed by atoms with Crippen LogP contribution in [0.4, 0.5) is 0 Å². The fraction of sp³-hybridized carbons (Fsp3) is 0.688. The molecule has 0 aromatic carbocycles. The minimum absolute atomic E-state index is 0.173. The molecule has 0 aliphatic carbocycles. The molecule has 2 atom stereocenters. The van der Waals surface area contributed by atoms with Crippen molar-refractivity contribution < 1.29 is 9.47 Å². The zero-order valence-corrected chi connectivity index (χ0v) is 13.3. The SMILES string of the molecule is COc1c(C)cnc(CC(CC2CCCCO2)NN)c1C. The highest BCUT2D eigenvalue weighted by atomic mass is 16.5. The molecule has 0 radical (unpaired) electrons. The fourth-order valence-electron chi connectivity index (χ4n) is 3.03. The molecule has 0 amide bonds. The summed E-state index contributed by atoms with van der Waals surface area (Å²) in [7, 11) is 1.70. The molecule has 2 unspecified atom stereocenters. The quantitative estimate of drug-likeness (QED) is 0.620. The van der Waals surface area contributed by atoms with Gasteiger partial charge in [-0.15, -0.1) is 0 Å². The van der Waals surface area contributed by atoms with Crippen LogP contribution in [-0.4, -0.2) is 30.8 Å². The Bertz CT molecular complexity index is 459. The summed E-state index contributed by atoms with van der Waals surface area (Å²) in [4.78, 5) is 4.55. The van der Waals surface area contributed by atoms with Gasteiger partial charge < -0.3 is 9.47 Å². The molecular formula is C16H27N3O2. The lowest BCUT2D eigenvalue weighted by Crippen LogP contribution is -2.40. The zero-order valence-electron chi connectivity index (χ0n) is 13.3. The molecule has 118 valence electrons. The number of pyridine rings is 1. The van der Waals surface area contributed by atoms with E-state index in [1.165, 1.54) is 12.8 Å². The molecular weight excluding hydrogens is 266 g/mol. The third-order valence-electron chi connectivity index (χ3n) is 4.25. The smallest absolute Gasteiger partial charge is 0.128 e. The Morgan fingerprint density at radius 3 is 2.90 bits per heavy atom. The molecule has 3 N–H and O–H groups in total. The van der Waals surface area contributed by atoms with Crippen molar-refractivity contribution >= 4 is 0 Å². The van der Waals surface area contributed by atoms with Crippen LogP contribution in [0.1, 0.15) is 42.5 Å². The summed E-state index contributed by atoms with van der Waals surface area (Å²) >= 11 is 0. The second kappa shape index (κ2) is 7.73. The minimum Gasteiger partial charge on any atom is -0.496 e. The van der Waals surface area contributed by atoms with E-state index in [1.807, 2.05) is 13.1 Å². The number of hydrogen-bond donors (Lipinski definition) is 2. The van der Waals surface area contributed by atoms with Crippen molar-refractivity contribution in [2.24, 2.45) is 5.84 Å². The molecule has 0 spiro atoms. The number of aromatic nitrogens is 1. The molecule has 5 heteroatoms. The maximum absolute atomic E-state index is 5.80. The van der Waals surface area contributed by atoms with Crippen LogP contribution in [0.2, 0.25) is 0 Å². The highest BCUT2D eigenvalue weighted by Crippen LogP contribution is 2.25. The van der Waals surface area contributed by atoms with Gasteiger partial charge in [0.2, 0.25) is 0 Å². The van der Waals surface area contributed by atoms with Crippen molar-refractivity contribution in [3.05, 3.63) is 23.0 Å². The number of hydrogen-bond acceptors (Lipinski definition) is 5. The van der Waals surface area contributed by atoms with E-state index in [0.29, 0.717) is 6.10 Å². The van der Waals surface area contributed by atoms with Crippen LogP contribution in [0.25, 0.3) is 0 Å². The molecule has 1 aromatic rings. The molecule has 0 bridgehead atoms. The standard InChI is InChI=1S/C16H27N3O2/c1-11-10-18-15(12(2)16(11)20-3)9-13(19-17)8-14-6-4-5-7-21-14/h10,13-14,19H,4-9,17H2,1-3H3. The van der Waals surface area contributed by atoms with Crippen LogP contribution in [0.15, 0.2) is 6.20 Å². The Labute approximate surface area is 127 Å². The lowest BCUT2D eigenvalue weighted by molar-refractivity contribution is 0.00517. The van der Waals surface area contributed by atoms with Crippen molar-refractivity contribution in [2.45, 2.75) is 58.1 Å². The van der Waals surface area contributed by atoms with Crippen LogP contribution in [0, 0.1) is 13.8 Å². The molecule has 1 saturated heterocycles. The van der Waals surface area contributed by atoms with E-state index in [4.69, 9.17) is 15.3 Å². The summed E-state index contributed by atoms with van der Waals surface area (Å²) in [6, 6.07) is 0.173. The number of nitrogens with zero attached hydrogens (tertiary/aromatic N) is 1. The van der Waals surface area contributed by atoms with Gasteiger partial charge in [-0.1, -0.05) is 0 Å². The van der Waals surface area contributed by atoms with Gasteiger partial charge in [0.05, 0.1) is 13.2 Å². The molecule has 2 heterocycles. The Kier molecular flexibility index (Phi) is 5.96. The number of ether oxygens (including phenoxy) is 2. The van der Waals surface area contributed by atoms with E-state index in [0.717, 1.165) is 48.4 Å². The van der Waals surface area contributed by atoms with E-state index in [2.05, 4.69) is 17.3 Å². The summed E-state index contributed by atoms with van der Waals surface area (Å²) in [6.45, 7) is 4.94. The lowest BCUT2D eigenvalue weighted by atomic mass is 9.97. The van der Waals surface area contributed by atoms with Gasteiger partial charge in [0.25, 0.3) is 0 Å². The maximum atomic E-state index is 5.80.